The number of halogens is 2. The number of nitrogens with one attached hydrogen (secondary N) is 1. The molecular weight excluding hydrogens is 751 g/mol. The summed E-state index contributed by atoms with van der Waals surface area (Å²) >= 11 is 13.3. The van der Waals surface area contributed by atoms with Gasteiger partial charge >= 0.3 is 0 Å². The summed E-state index contributed by atoms with van der Waals surface area (Å²) in [4.78, 5) is 47.1. The van der Waals surface area contributed by atoms with Gasteiger partial charge in [-0.05, 0) is 92.5 Å². The van der Waals surface area contributed by atoms with Crippen molar-refractivity contribution in [3.8, 4) is 22.6 Å². The number of allylic oxidation sites excluding steroid dienone is 1. The number of aromatic nitrogens is 3. The molecule has 2 aromatic heterocycles. The van der Waals surface area contributed by atoms with E-state index in [9.17, 15) is 14.4 Å². The second-order valence-corrected chi connectivity index (χ2v) is 15.9. The second kappa shape index (κ2) is 17.5. The van der Waals surface area contributed by atoms with Crippen molar-refractivity contribution in [1.82, 2.24) is 25.0 Å². The fourth-order valence-electron chi connectivity index (χ4n) is 7.73. The molecule has 1 fully saturated rings. The van der Waals surface area contributed by atoms with Crippen molar-refractivity contribution in [1.29, 1.82) is 0 Å². The molecule has 0 radical (unpaired) electrons. The molecule has 56 heavy (non-hydrogen) atoms. The molecule has 1 aliphatic heterocycles. The van der Waals surface area contributed by atoms with E-state index < -0.39 is 0 Å². The molecule has 4 aromatic rings. The largest absolute Gasteiger partial charge is 0.494 e. The Hall–Kier alpha value is -4.87. The smallest absolute Gasteiger partial charge is 0.298 e. The highest BCUT2D eigenvalue weighted by atomic mass is 35.5. The Morgan fingerprint density at radius 3 is 2.32 bits per heavy atom. The molecule has 11 nitrogen and oxygen atoms in total. The van der Waals surface area contributed by atoms with Gasteiger partial charge in [-0.25, -0.2) is 4.98 Å². The monoisotopic (exact) mass is 800 g/mol. The number of amides is 2. The first-order chi connectivity index (χ1) is 26.7. The number of piperazine rings is 1. The summed E-state index contributed by atoms with van der Waals surface area (Å²) in [5, 5.41) is 9.11. The van der Waals surface area contributed by atoms with Crippen molar-refractivity contribution in [2.75, 3.05) is 37.7 Å². The van der Waals surface area contributed by atoms with Gasteiger partial charge in [-0.15, -0.1) is 0 Å². The molecule has 1 saturated heterocycles. The fraction of sp³-hybridized carbons (Fsp3) is 0.419. The number of ether oxygens (including phenoxy) is 2. The van der Waals surface area contributed by atoms with E-state index in [1.165, 1.54) is 0 Å². The van der Waals surface area contributed by atoms with Crippen LogP contribution in [0.2, 0.25) is 10.0 Å². The minimum absolute atomic E-state index is 0.106. The summed E-state index contributed by atoms with van der Waals surface area (Å²) in [7, 11) is 1.92. The lowest BCUT2D eigenvalue weighted by Crippen LogP contribution is -2.49. The third-order valence-electron chi connectivity index (χ3n) is 10.6. The molecular formula is C43H50Cl2N6O5. The molecule has 296 valence electrons. The highest BCUT2D eigenvalue weighted by Gasteiger charge is 2.31. The fourth-order valence-corrected chi connectivity index (χ4v) is 8.11. The van der Waals surface area contributed by atoms with Crippen molar-refractivity contribution in [2.45, 2.75) is 73.8 Å². The van der Waals surface area contributed by atoms with Gasteiger partial charge in [0.2, 0.25) is 11.8 Å². The highest BCUT2D eigenvalue weighted by Crippen LogP contribution is 2.45. The van der Waals surface area contributed by atoms with E-state index >= 15 is 0 Å². The highest BCUT2D eigenvalue weighted by molar-refractivity contribution is 6.34. The van der Waals surface area contributed by atoms with Gasteiger partial charge in [0.15, 0.2) is 0 Å². The molecule has 0 bridgehead atoms. The molecule has 0 saturated carbocycles. The van der Waals surface area contributed by atoms with Gasteiger partial charge in [0.25, 0.3) is 6.47 Å². The van der Waals surface area contributed by atoms with E-state index in [0.29, 0.717) is 98.7 Å². The zero-order chi connectivity index (χ0) is 40.3. The number of carbonyl (C=O) groups excluding carboxylic acids is 3. The van der Waals surface area contributed by atoms with Crippen molar-refractivity contribution >= 4 is 52.9 Å². The summed E-state index contributed by atoms with van der Waals surface area (Å²) < 4.78 is 13.3. The number of rotatable bonds is 14. The number of hydrogen-bond donors (Lipinski definition) is 1. The van der Waals surface area contributed by atoms with Crippen LogP contribution in [0.3, 0.4) is 0 Å². The van der Waals surface area contributed by atoms with Crippen molar-refractivity contribution in [3.05, 3.63) is 91.4 Å². The Morgan fingerprint density at radius 1 is 0.964 bits per heavy atom. The van der Waals surface area contributed by atoms with Gasteiger partial charge in [-0.3, -0.25) is 19.1 Å². The molecule has 2 aliphatic rings. The van der Waals surface area contributed by atoms with Crippen molar-refractivity contribution in [2.24, 2.45) is 13.0 Å². The third-order valence-corrected chi connectivity index (χ3v) is 11.5. The van der Waals surface area contributed by atoms with Gasteiger partial charge in [0.05, 0.1) is 24.5 Å². The molecule has 0 spiro atoms. The lowest BCUT2D eigenvalue weighted by atomic mass is 9.93. The average Bonchev–Trinajstić information content (AvgIpc) is 3.65. The zero-order valence-electron chi connectivity index (χ0n) is 33.2. The first kappa shape index (κ1) is 40.8. The molecule has 2 amide bonds. The zero-order valence-corrected chi connectivity index (χ0v) is 34.7. The number of aryl methyl sites for hydroxylation is 4. The Labute approximate surface area is 339 Å². The van der Waals surface area contributed by atoms with Crippen LogP contribution in [0.5, 0.6) is 11.5 Å². The number of pyridine rings is 1. The van der Waals surface area contributed by atoms with Crippen LogP contribution < -0.4 is 19.7 Å². The van der Waals surface area contributed by atoms with Crippen molar-refractivity contribution in [3.63, 3.8) is 0 Å². The lowest BCUT2D eigenvalue weighted by molar-refractivity contribution is -0.132. The summed E-state index contributed by atoms with van der Waals surface area (Å²) in [5.41, 5.74) is 9.76. The summed E-state index contributed by atoms with van der Waals surface area (Å²) in [6, 6.07) is 11.2. The minimum atomic E-state index is -0.217. The Morgan fingerprint density at radius 2 is 1.68 bits per heavy atom. The van der Waals surface area contributed by atoms with Crippen LogP contribution >= 0.6 is 23.2 Å². The second-order valence-electron chi connectivity index (χ2n) is 15.1. The van der Waals surface area contributed by atoms with Gasteiger partial charge in [-0.2, -0.15) is 5.10 Å². The van der Waals surface area contributed by atoms with E-state index in [4.69, 9.17) is 37.7 Å². The Bertz CT molecular complexity index is 2160. The SMILES string of the molecule is Cc1cc(OCCCC2=C(C(=O)NCc3cc(OC=O)cc(N4CCN(C(=O)CC(C)C)CC4)n3)Cc3c2ccc(Cl)c3-c2c(C)nn(C)c2C)cc(C)c1Cl. The Balaban J connectivity index is 1.24. The molecule has 13 heteroatoms. The van der Waals surface area contributed by atoms with Gasteiger partial charge in [0, 0.05) is 90.6 Å². The van der Waals surface area contributed by atoms with Crippen LogP contribution in [0.15, 0.2) is 42.0 Å². The summed E-state index contributed by atoms with van der Waals surface area (Å²) in [6.07, 6.45) is 2.18. The number of carbonyl (C=O) groups is 3. The molecule has 2 aromatic carbocycles. The van der Waals surface area contributed by atoms with Crippen LogP contribution in [0, 0.1) is 33.6 Å². The Kier molecular flexibility index (Phi) is 12.8. The predicted molar refractivity (Wildman–Crippen MR) is 220 cm³/mol. The first-order valence-corrected chi connectivity index (χ1v) is 19.9. The van der Waals surface area contributed by atoms with Crippen LogP contribution in [0.1, 0.15) is 72.4 Å². The van der Waals surface area contributed by atoms with Crippen LogP contribution in [0.4, 0.5) is 5.82 Å². The van der Waals surface area contributed by atoms with Crippen molar-refractivity contribution < 1.29 is 23.9 Å². The maximum atomic E-state index is 14.3. The van der Waals surface area contributed by atoms with E-state index in [1.54, 1.807) is 12.1 Å². The quantitative estimate of drug-likeness (QED) is 0.102. The molecule has 1 aliphatic carbocycles. The summed E-state index contributed by atoms with van der Waals surface area (Å²) in [6.45, 7) is 15.3. The van der Waals surface area contributed by atoms with Gasteiger partial charge in [-0.1, -0.05) is 43.1 Å². The third kappa shape index (κ3) is 8.89. The number of hydrogen-bond acceptors (Lipinski definition) is 8. The molecule has 1 N–H and O–H groups in total. The predicted octanol–water partition coefficient (Wildman–Crippen LogP) is 7.74. The van der Waals surface area contributed by atoms with Gasteiger partial charge in [0.1, 0.15) is 17.3 Å². The molecule has 0 atom stereocenters. The summed E-state index contributed by atoms with van der Waals surface area (Å²) in [5.74, 6) is 1.92. The first-order valence-electron chi connectivity index (χ1n) is 19.1. The maximum Gasteiger partial charge on any atom is 0.298 e. The van der Waals surface area contributed by atoms with Crippen LogP contribution in [0.25, 0.3) is 16.7 Å². The maximum absolute atomic E-state index is 14.3. The number of fused-ring (bicyclic) bond motifs is 1. The van der Waals surface area contributed by atoms with E-state index in [0.717, 1.165) is 61.1 Å². The molecule has 6 rings (SSSR count). The minimum Gasteiger partial charge on any atom is -0.494 e. The van der Waals surface area contributed by atoms with Crippen LogP contribution in [-0.2, 0) is 34.4 Å². The van der Waals surface area contributed by atoms with E-state index in [1.807, 2.05) is 82.4 Å². The normalized spacial score (nSPS) is 14.0. The lowest BCUT2D eigenvalue weighted by Gasteiger charge is -2.36. The topological polar surface area (TPSA) is 119 Å². The van der Waals surface area contributed by atoms with E-state index in [2.05, 4.69) is 15.3 Å². The van der Waals surface area contributed by atoms with E-state index in [-0.39, 0.29) is 18.4 Å². The average molecular weight is 802 g/mol. The standard InChI is InChI=1S/C43H50Cl2N6O5/c1-25(2)17-39(53)51-14-12-50(13-15-51)38-21-32(56-24-52)20-30(47-38)23-46-43(54)36-22-35-34(10-11-37(44)41(35)40-28(5)48-49(7)29(40)6)33(36)9-8-16-55-31-18-26(3)42(45)27(4)19-31/h10-11,18-21,24-25H,8-9,12-17,22-23H2,1-7H3,(H,46,54). The number of nitrogens with zero attached hydrogens (tertiary/aromatic N) is 5. The molecule has 3 heterocycles. The van der Waals surface area contributed by atoms with Crippen LogP contribution in [-0.4, -0.2) is 70.7 Å². The van der Waals surface area contributed by atoms with Gasteiger partial charge < -0.3 is 24.6 Å². The number of anilines is 1. The molecule has 0 unspecified atom stereocenters. The number of benzene rings is 2.